The number of hydrogen-bond acceptors (Lipinski definition) is 6. The molecule has 0 aliphatic heterocycles. The number of nitrogens with zero attached hydrogens (tertiary/aromatic N) is 2. The minimum absolute atomic E-state index is 0.0976. The summed E-state index contributed by atoms with van der Waals surface area (Å²) < 4.78 is 0.795. The van der Waals surface area contributed by atoms with Gasteiger partial charge in [-0.2, -0.15) is 0 Å². The summed E-state index contributed by atoms with van der Waals surface area (Å²) in [6.45, 7) is 0. The molecule has 4 aromatic rings. The SMILES string of the molecule is O=C(CC(NC(=O)c1ccccc1)c1ccccc1)Nc1ccccc1Sc1nncs1. The van der Waals surface area contributed by atoms with E-state index in [1.54, 1.807) is 17.6 Å². The highest BCUT2D eigenvalue weighted by Crippen LogP contribution is 2.34. The van der Waals surface area contributed by atoms with Crippen molar-refractivity contribution in [1.82, 2.24) is 15.5 Å². The fraction of sp³-hybridized carbons (Fsp3) is 0.0833. The van der Waals surface area contributed by atoms with E-state index < -0.39 is 6.04 Å². The molecule has 1 aromatic heterocycles. The largest absolute Gasteiger partial charge is 0.345 e. The monoisotopic (exact) mass is 460 g/mol. The first kappa shape index (κ1) is 21.7. The Labute approximate surface area is 194 Å². The van der Waals surface area contributed by atoms with E-state index in [1.807, 2.05) is 72.8 Å². The Bertz CT molecular complexity index is 1170. The Morgan fingerprint density at radius 2 is 1.59 bits per heavy atom. The van der Waals surface area contributed by atoms with E-state index in [9.17, 15) is 9.59 Å². The molecule has 0 spiro atoms. The van der Waals surface area contributed by atoms with Crippen molar-refractivity contribution in [3.63, 3.8) is 0 Å². The smallest absolute Gasteiger partial charge is 0.251 e. The quantitative estimate of drug-likeness (QED) is 0.378. The summed E-state index contributed by atoms with van der Waals surface area (Å²) in [6.07, 6.45) is 0.0976. The molecule has 1 heterocycles. The van der Waals surface area contributed by atoms with E-state index in [0.717, 1.165) is 14.8 Å². The van der Waals surface area contributed by atoms with E-state index in [2.05, 4.69) is 20.8 Å². The van der Waals surface area contributed by atoms with Crippen molar-refractivity contribution in [3.8, 4) is 0 Å². The normalized spacial score (nSPS) is 11.5. The summed E-state index contributed by atoms with van der Waals surface area (Å²) in [5, 5.41) is 13.9. The maximum Gasteiger partial charge on any atom is 0.251 e. The molecule has 0 fully saturated rings. The Hall–Kier alpha value is -3.49. The van der Waals surface area contributed by atoms with Gasteiger partial charge in [0.15, 0.2) is 4.34 Å². The van der Waals surface area contributed by atoms with Crippen LogP contribution in [0.2, 0.25) is 0 Å². The van der Waals surface area contributed by atoms with Crippen LogP contribution in [0.3, 0.4) is 0 Å². The fourth-order valence-corrected chi connectivity index (χ4v) is 4.64. The summed E-state index contributed by atoms with van der Waals surface area (Å²) in [5.74, 6) is -0.419. The van der Waals surface area contributed by atoms with Gasteiger partial charge >= 0.3 is 0 Å². The van der Waals surface area contributed by atoms with Gasteiger partial charge in [0.1, 0.15) is 5.51 Å². The number of hydrogen-bond donors (Lipinski definition) is 2. The van der Waals surface area contributed by atoms with Gasteiger partial charge in [0, 0.05) is 10.5 Å². The van der Waals surface area contributed by atoms with Crippen molar-refractivity contribution in [2.24, 2.45) is 0 Å². The van der Waals surface area contributed by atoms with Gasteiger partial charge in [0.05, 0.1) is 18.2 Å². The predicted molar refractivity (Wildman–Crippen MR) is 127 cm³/mol. The lowest BCUT2D eigenvalue weighted by Crippen LogP contribution is -2.31. The van der Waals surface area contributed by atoms with Gasteiger partial charge in [-0.3, -0.25) is 9.59 Å². The Morgan fingerprint density at radius 3 is 2.31 bits per heavy atom. The van der Waals surface area contributed by atoms with Crippen molar-refractivity contribution in [1.29, 1.82) is 0 Å². The number of aromatic nitrogens is 2. The molecule has 2 N–H and O–H groups in total. The number of carbonyl (C=O) groups excluding carboxylic acids is 2. The molecule has 0 aliphatic carbocycles. The summed E-state index contributed by atoms with van der Waals surface area (Å²) in [5.41, 5.74) is 3.78. The molecule has 2 amide bonds. The highest BCUT2D eigenvalue weighted by Gasteiger charge is 2.20. The fourth-order valence-electron chi connectivity index (χ4n) is 3.12. The molecule has 160 valence electrons. The van der Waals surface area contributed by atoms with E-state index in [0.29, 0.717) is 11.3 Å². The van der Waals surface area contributed by atoms with Crippen molar-refractivity contribution in [2.75, 3.05) is 5.32 Å². The lowest BCUT2D eigenvalue weighted by Gasteiger charge is -2.19. The van der Waals surface area contributed by atoms with Crippen molar-refractivity contribution >= 4 is 40.6 Å². The summed E-state index contributed by atoms with van der Waals surface area (Å²) in [4.78, 5) is 26.6. The molecular weight excluding hydrogens is 440 g/mol. The van der Waals surface area contributed by atoms with E-state index in [1.165, 1.54) is 23.1 Å². The number of carbonyl (C=O) groups is 2. The van der Waals surface area contributed by atoms with Crippen molar-refractivity contribution in [2.45, 2.75) is 21.7 Å². The Kier molecular flexibility index (Phi) is 7.27. The lowest BCUT2D eigenvalue weighted by molar-refractivity contribution is -0.116. The second-order valence-electron chi connectivity index (χ2n) is 6.86. The minimum Gasteiger partial charge on any atom is -0.345 e. The lowest BCUT2D eigenvalue weighted by atomic mass is 10.0. The number of rotatable bonds is 8. The molecule has 3 aromatic carbocycles. The van der Waals surface area contributed by atoms with Crippen LogP contribution in [0.15, 0.2) is 99.7 Å². The third kappa shape index (κ3) is 5.81. The zero-order chi connectivity index (χ0) is 22.2. The standard InChI is InChI=1S/C24H20N4O2S2/c29-22(26-19-13-7-8-14-21(19)32-24-28-25-16-31-24)15-20(17-9-3-1-4-10-17)27-23(30)18-11-5-2-6-12-18/h1-14,16,20H,15H2,(H,26,29)(H,27,30). The van der Waals surface area contributed by atoms with Crippen LogP contribution in [0, 0.1) is 0 Å². The van der Waals surface area contributed by atoms with Gasteiger partial charge in [0.25, 0.3) is 5.91 Å². The van der Waals surface area contributed by atoms with Gasteiger partial charge < -0.3 is 10.6 Å². The third-order valence-corrected chi connectivity index (χ3v) is 6.49. The summed E-state index contributed by atoms with van der Waals surface area (Å²) >= 11 is 2.89. The summed E-state index contributed by atoms with van der Waals surface area (Å²) in [7, 11) is 0. The van der Waals surface area contributed by atoms with Crippen LogP contribution in [-0.4, -0.2) is 22.0 Å². The Balaban J connectivity index is 1.49. The number of para-hydroxylation sites is 1. The molecule has 0 radical (unpaired) electrons. The molecule has 0 aliphatic rings. The highest BCUT2D eigenvalue weighted by atomic mass is 32.2. The second kappa shape index (κ2) is 10.7. The third-order valence-electron chi connectivity index (χ3n) is 4.63. The van der Waals surface area contributed by atoms with Crippen molar-refractivity contribution < 1.29 is 9.59 Å². The molecule has 1 atom stereocenters. The van der Waals surface area contributed by atoms with Gasteiger partial charge in [-0.1, -0.05) is 83.8 Å². The van der Waals surface area contributed by atoms with Gasteiger partial charge in [-0.15, -0.1) is 10.2 Å². The first-order chi connectivity index (χ1) is 15.7. The molecule has 1 unspecified atom stereocenters. The molecule has 0 saturated heterocycles. The van der Waals surface area contributed by atoms with Crippen molar-refractivity contribution in [3.05, 3.63) is 102 Å². The molecule has 4 rings (SSSR count). The zero-order valence-corrected chi connectivity index (χ0v) is 18.6. The van der Waals surface area contributed by atoms with Crippen LogP contribution >= 0.6 is 23.1 Å². The first-order valence-electron chi connectivity index (χ1n) is 9.93. The number of nitrogens with one attached hydrogen (secondary N) is 2. The molecule has 0 bridgehead atoms. The van der Waals surface area contributed by atoms with Crippen LogP contribution in [0.4, 0.5) is 5.69 Å². The molecule has 6 nitrogen and oxygen atoms in total. The molecule has 0 saturated carbocycles. The van der Waals surface area contributed by atoms with Crippen LogP contribution in [0.1, 0.15) is 28.4 Å². The average Bonchev–Trinajstić information content (AvgIpc) is 3.34. The van der Waals surface area contributed by atoms with E-state index >= 15 is 0 Å². The second-order valence-corrected chi connectivity index (χ2v) is 8.98. The molecule has 32 heavy (non-hydrogen) atoms. The van der Waals surface area contributed by atoms with Crippen LogP contribution < -0.4 is 10.6 Å². The van der Waals surface area contributed by atoms with Crippen LogP contribution in [0.25, 0.3) is 0 Å². The van der Waals surface area contributed by atoms with Crippen LogP contribution in [-0.2, 0) is 4.79 Å². The van der Waals surface area contributed by atoms with E-state index in [-0.39, 0.29) is 18.2 Å². The highest BCUT2D eigenvalue weighted by molar-refractivity contribution is 8.01. The first-order valence-corrected chi connectivity index (χ1v) is 11.6. The molecular formula is C24H20N4O2S2. The number of benzene rings is 3. The summed E-state index contributed by atoms with van der Waals surface area (Å²) in [6, 6.07) is 25.6. The Morgan fingerprint density at radius 1 is 0.906 bits per heavy atom. The number of amides is 2. The molecule has 8 heteroatoms. The van der Waals surface area contributed by atoms with Gasteiger partial charge in [-0.25, -0.2) is 0 Å². The maximum absolute atomic E-state index is 13.0. The van der Waals surface area contributed by atoms with Gasteiger partial charge in [-0.05, 0) is 29.8 Å². The van der Waals surface area contributed by atoms with Gasteiger partial charge in [0.2, 0.25) is 5.91 Å². The van der Waals surface area contributed by atoms with Crippen LogP contribution in [0.5, 0.6) is 0 Å². The maximum atomic E-state index is 13.0. The topological polar surface area (TPSA) is 84.0 Å². The predicted octanol–water partition coefficient (Wildman–Crippen LogP) is 5.19. The average molecular weight is 461 g/mol. The minimum atomic E-state index is -0.466. The van der Waals surface area contributed by atoms with E-state index in [4.69, 9.17) is 0 Å². The zero-order valence-electron chi connectivity index (χ0n) is 17.0. The number of anilines is 1.